The van der Waals surface area contributed by atoms with Crippen LogP contribution in [0.4, 0.5) is 0 Å². The first-order valence-corrected chi connectivity index (χ1v) is 3.91. The summed E-state index contributed by atoms with van der Waals surface area (Å²) in [5, 5.41) is 3.28. The van der Waals surface area contributed by atoms with Crippen molar-refractivity contribution in [2.45, 2.75) is 18.6 Å². The Morgan fingerprint density at radius 2 is 1.90 bits per heavy atom. The summed E-state index contributed by atoms with van der Waals surface area (Å²) in [5.41, 5.74) is 0. The van der Waals surface area contributed by atoms with Crippen molar-refractivity contribution in [3.63, 3.8) is 0 Å². The molecular formula is C7H13NO2. The molecule has 0 saturated carbocycles. The fourth-order valence-corrected chi connectivity index (χ4v) is 1.56. The van der Waals surface area contributed by atoms with Gasteiger partial charge in [0.05, 0.1) is 25.4 Å². The Balaban J connectivity index is 1.93. The third-order valence-electron chi connectivity index (χ3n) is 2.11. The molecule has 2 aliphatic heterocycles. The van der Waals surface area contributed by atoms with Gasteiger partial charge >= 0.3 is 0 Å². The lowest BCUT2D eigenvalue weighted by molar-refractivity contribution is -0.148. The monoisotopic (exact) mass is 143 g/mol. The number of fused-ring (bicyclic) bond motifs is 1. The van der Waals surface area contributed by atoms with E-state index in [4.69, 9.17) is 9.47 Å². The average Bonchev–Trinajstić information content (AvgIpc) is 2.05. The molecule has 2 fully saturated rings. The van der Waals surface area contributed by atoms with Gasteiger partial charge < -0.3 is 14.8 Å². The summed E-state index contributed by atoms with van der Waals surface area (Å²) >= 11 is 0. The molecule has 0 radical (unpaired) electrons. The molecule has 0 aromatic rings. The van der Waals surface area contributed by atoms with E-state index in [1.165, 1.54) is 0 Å². The zero-order valence-electron chi connectivity index (χ0n) is 6.01. The lowest BCUT2D eigenvalue weighted by Crippen LogP contribution is -2.50. The number of ether oxygens (including phenoxy) is 2. The van der Waals surface area contributed by atoms with E-state index in [0.29, 0.717) is 12.2 Å². The van der Waals surface area contributed by atoms with Crippen molar-refractivity contribution in [3.8, 4) is 0 Å². The van der Waals surface area contributed by atoms with Gasteiger partial charge in [-0.3, -0.25) is 0 Å². The average molecular weight is 143 g/mol. The van der Waals surface area contributed by atoms with Gasteiger partial charge in [-0.2, -0.15) is 0 Å². The minimum absolute atomic E-state index is 0.322. The molecule has 2 saturated heterocycles. The summed E-state index contributed by atoms with van der Waals surface area (Å²) in [6.07, 6.45) is 1.79. The van der Waals surface area contributed by atoms with Crippen LogP contribution in [0.2, 0.25) is 0 Å². The molecule has 2 heterocycles. The Morgan fingerprint density at radius 3 is 2.70 bits per heavy atom. The third kappa shape index (κ3) is 1.17. The highest BCUT2D eigenvalue weighted by atomic mass is 16.6. The molecular weight excluding hydrogens is 130 g/mol. The molecule has 0 amide bonds. The molecule has 3 heteroatoms. The highest BCUT2D eigenvalue weighted by molar-refractivity contribution is 4.81. The van der Waals surface area contributed by atoms with Crippen LogP contribution in [0.25, 0.3) is 0 Å². The maximum absolute atomic E-state index is 5.52. The Labute approximate surface area is 60.7 Å². The molecule has 3 nitrogen and oxygen atoms in total. The SMILES string of the molecule is C1C[C@@H]2OCCO[C@H]2CN1. The summed E-state index contributed by atoms with van der Waals surface area (Å²) in [6.45, 7) is 3.58. The summed E-state index contributed by atoms with van der Waals surface area (Å²) in [7, 11) is 0. The van der Waals surface area contributed by atoms with Gasteiger partial charge in [0, 0.05) is 6.54 Å². The van der Waals surface area contributed by atoms with Crippen molar-refractivity contribution in [3.05, 3.63) is 0 Å². The van der Waals surface area contributed by atoms with Crippen LogP contribution in [0.5, 0.6) is 0 Å². The van der Waals surface area contributed by atoms with E-state index in [0.717, 1.165) is 32.7 Å². The van der Waals surface area contributed by atoms with Gasteiger partial charge in [-0.1, -0.05) is 0 Å². The Morgan fingerprint density at radius 1 is 1.10 bits per heavy atom. The lowest BCUT2D eigenvalue weighted by atomic mass is 10.1. The highest BCUT2D eigenvalue weighted by Gasteiger charge is 2.28. The Bertz CT molecular complexity index is 92.2. The Hall–Kier alpha value is -0.120. The predicted molar refractivity (Wildman–Crippen MR) is 37.0 cm³/mol. The molecule has 2 aliphatic rings. The number of rotatable bonds is 0. The van der Waals surface area contributed by atoms with Crippen molar-refractivity contribution in [2.75, 3.05) is 26.3 Å². The van der Waals surface area contributed by atoms with Crippen molar-refractivity contribution in [1.82, 2.24) is 5.32 Å². The van der Waals surface area contributed by atoms with E-state index < -0.39 is 0 Å². The van der Waals surface area contributed by atoms with E-state index in [9.17, 15) is 0 Å². The largest absolute Gasteiger partial charge is 0.373 e. The minimum Gasteiger partial charge on any atom is -0.373 e. The number of piperidine rings is 1. The molecule has 1 N–H and O–H groups in total. The normalized spacial score (nSPS) is 40.8. The van der Waals surface area contributed by atoms with Crippen molar-refractivity contribution < 1.29 is 9.47 Å². The van der Waals surface area contributed by atoms with E-state index >= 15 is 0 Å². The maximum atomic E-state index is 5.52. The molecule has 2 atom stereocenters. The molecule has 2 rings (SSSR count). The first kappa shape index (κ1) is 6.58. The molecule has 0 aromatic carbocycles. The molecule has 10 heavy (non-hydrogen) atoms. The van der Waals surface area contributed by atoms with Crippen molar-refractivity contribution in [1.29, 1.82) is 0 Å². The summed E-state index contributed by atoms with van der Waals surface area (Å²) in [6, 6.07) is 0. The third-order valence-corrected chi connectivity index (χ3v) is 2.11. The van der Waals surface area contributed by atoms with Crippen molar-refractivity contribution >= 4 is 0 Å². The molecule has 0 spiro atoms. The highest BCUT2D eigenvalue weighted by Crippen LogP contribution is 2.15. The van der Waals surface area contributed by atoms with Gasteiger partial charge in [-0.15, -0.1) is 0 Å². The fraction of sp³-hybridized carbons (Fsp3) is 1.00. The van der Waals surface area contributed by atoms with Crippen LogP contribution >= 0.6 is 0 Å². The van der Waals surface area contributed by atoms with Gasteiger partial charge in [-0.05, 0) is 13.0 Å². The molecule has 0 aliphatic carbocycles. The van der Waals surface area contributed by atoms with Gasteiger partial charge in [-0.25, -0.2) is 0 Å². The minimum atomic E-state index is 0.322. The topological polar surface area (TPSA) is 30.5 Å². The maximum Gasteiger partial charge on any atom is 0.0962 e. The first-order chi connectivity index (χ1) is 4.97. The van der Waals surface area contributed by atoms with Crippen LogP contribution in [-0.2, 0) is 9.47 Å². The second kappa shape index (κ2) is 2.86. The summed E-state index contributed by atoms with van der Waals surface area (Å²) in [4.78, 5) is 0. The second-order valence-electron chi connectivity index (χ2n) is 2.81. The Kier molecular flexibility index (Phi) is 1.88. The second-order valence-corrected chi connectivity index (χ2v) is 2.81. The summed E-state index contributed by atoms with van der Waals surface area (Å²) in [5.74, 6) is 0. The first-order valence-electron chi connectivity index (χ1n) is 3.91. The van der Waals surface area contributed by atoms with E-state index in [2.05, 4.69) is 5.32 Å². The van der Waals surface area contributed by atoms with Gasteiger partial charge in [0.25, 0.3) is 0 Å². The van der Waals surface area contributed by atoms with Crippen LogP contribution in [0, 0.1) is 0 Å². The van der Waals surface area contributed by atoms with Crippen molar-refractivity contribution in [2.24, 2.45) is 0 Å². The van der Waals surface area contributed by atoms with Crippen LogP contribution in [0.3, 0.4) is 0 Å². The number of nitrogens with one attached hydrogen (secondary N) is 1. The summed E-state index contributed by atoms with van der Waals surface area (Å²) < 4.78 is 11.0. The standard InChI is InChI=1S/C7H13NO2/c1-2-8-5-7-6(1)9-3-4-10-7/h6-8H,1-5H2/t6-,7-/m0/s1. The fourth-order valence-electron chi connectivity index (χ4n) is 1.56. The van der Waals surface area contributed by atoms with Gasteiger partial charge in [0.15, 0.2) is 0 Å². The van der Waals surface area contributed by atoms with Crippen LogP contribution < -0.4 is 5.32 Å². The van der Waals surface area contributed by atoms with Crippen LogP contribution in [0.1, 0.15) is 6.42 Å². The zero-order chi connectivity index (χ0) is 6.81. The van der Waals surface area contributed by atoms with Crippen LogP contribution in [0.15, 0.2) is 0 Å². The molecule has 0 aromatic heterocycles. The quantitative estimate of drug-likeness (QED) is 0.508. The smallest absolute Gasteiger partial charge is 0.0962 e. The van der Waals surface area contributed by atoms with Gasteiger partial charge in [0.2, 0.25) is 0 Å². The predicted octanol–water partition coefficient (Wildman–Crippen LogP) is -0.236. The molecule has 0 unspecified atom stereocenters. The number of hydrogen-bond acceptors (Lipinski definition) is 3. The van der Waals surface area contributed by atoms with E-state index in [-0.39, 0.29) is 0 Å². The van der Waals surface area contributed by atoms with E-state index in [1.807, 2.05) is 0 Å². The van der Waals surface area contributed by atoms with Gasteiger partial charge in [0.1, 0.15) is 0 Å². The zero-order valence-corrected chi connectivity index (χ0v) is 6.01. The molecule has 58 valence electrons. The van der Waals surface area contributed by atoms with E-state index in [1.54, 1.807) is 0 Å². The molecule has 0 bridgehead atoms. The van der Waals surface area contributed by atoms with Crippen LogP contribution in [-0.4, -0.2) is 38.5 Å². The lowest BCUT2D eigenvalue weighted by Gasteiger charge is -2.35. The number of hydrogen-bond donors (Lipinski definition) is 1.